The third-order valence-corrected chi connectivity index (χ3v) is 21.7. The fraction of sp³-hybridized carbons (Fsp3) is 0.298. The van der Waals surface area contributed by atoms with Gasteiger partial charge in [0.1, 0.15) is 0 Å². The molecule has 2 aliphatic rings. The van der Waals surface area contributed by atoms with E-state index in [1.165, 1.54) is 261 Å². The lowest BCUT2D eigenvalue weighted by Crippen LogP contribution is -2.25. The molecule has 0 bridgehead atoms. The van der Waals surface area contributed by atoms with Crippen LogP contribution in [0.5, 0.6) is 0 Å². The van der Waals surface area contributed by atoms with E-state index in [1.54, 1.807) is 11.1 Å². The molecule has 0 nitrogen and oxygen atoms in total. The van der Waals surface area contributed by atoms with Crippen molar-refractivity contribution in [3.05, 3.63) is 297 Å². The van der Waals surface area contributed by atoms with Crippen molar-refractivity contribution in [2.24, 2.45) is 0 Å². The molecule has 0 aromatic heterocycles. The highest BCUT2D eigenvalue weighted by Crippen LogP contribution is 2.57. The summed E-state index contributed by atoms with van der Waals surface area (Å²) in [7, 11) is 0. The second-order valence-electron chi connectivity index (χ2n) is 28.0. The van der Waals surface area contributed by atoms with E-state index in [0.717, 1.165) is 0 Å². The van der Waals surface area contributed by atoms with Crippen LogP contribution >= 0.6 is 0 Å². The highest BCUT2D eigenvalue weighted by Gasteiger charge is 2.44. The van der Waals surface area contributed by atoms with Gasteiger partial charge in [-0.05, 0) is 197 Å². The lowest BCUT2D eigenvalue weighted by Gasteiger charge is -2.33. The Kier molecular flexibility index (Phi) is 20.0. The fourth-order valence-corrected chi connectivity index (χ4v) is 16.7. The van der Waals surface area contributed by atoms with Crippen LogP contribution in [0.15, 0.2) is 231 Å². The van der Waals surface area contributed by atoms with Crippen molar-refractivity contribution < 1.29 is 0 Å². The average molecular weight is 1230 g/mol. The molecule has 0 heterocycles. The third-order valence-electron chi connectivity index (χ3n) is 21.7. The van der Waals surface area contributed by atoms with Crippen molar-refractivity contribution >= 4 is 44.8 Å². The summed E-state index contributed by atoms with van der Waals surface area (Å²) in [6.45, 7) is 13.7. The van der Waals surface area contributed by atoms with Crippen LogP contribution in [0.4, 0.5) is 0 Å². The van der Waals surface area contributed by atoms with E-state index >= 15 is 0 Å². The third kappa shape index (κ3) is 12.9. The van der Waals surface area contributed by atoms with Crippen LogP contribution in [0.1, 0.15) is 223 Å². The quantitative estimate of drug-likeness (QED) is 0.0260. The molecule has 0 saturated heterocycles. The highest BCUT2D eigenvalue weighted by atomic mass is 14.5. The van der Waals surface area contributed by atoms with Crippen LogP contribution < -0.4 is 0 Å². The Morgan fingerprint density at radius 2 is 0.574 bits per heavy atom. The van der Waals surface area contributed by atoms with Gasteiger partial charge in [0, 0.05) is 10.8 Å². The molecule has 94 heavy (non-hydrogen) atoms. The normalized spacial score (nSPS) is 13.7. The molecule has 11 aromatic carbocycles. The zero-order chi connectivity index (χ0) is 64.4. The Morgan fingerprint density at radius 1 is 0.277 bits per heavy atom. The lowest BCUT2D eigenvalue weighted by molar-refractivity contribution is 0.401. The van der Waals surface area contributed by atoms with Gasteiger partial charge in [-0.25, -0.2) is 0 Å². The highest BCUT2D eigenvalue weighted by molar-refractivity contribution is 6.21. The fourth-order valence-electron chi connectivity index (χ4n) is 16.7. The van der Waals surface area contributed by atoms with E-state index in [4.69, 9.17) is 0 Å². The van der Waals surface area contributed by atoms with Crippen LogP contribution in [0.25, 0.3) is 89.4 Å². The van der Waals surface area contributed by atoms with E-state index in [1.807, 2.05) is 0 Å². The second-order valence-corrected chi connectivity index (χ2v) is 28.0. The maximum atomic E-state index is 2.62. The summed E-state index contributed by atoms with van der Waals surface area (Å²) in [5.41, 5.74) is 29.5. The standard InChI is InChI=1S/C94H98/c1-7-11-15-27-59-93(60-28-16-12-8-2)87-37-25-23-31-77(87)79-57-55-75(65-89(79)93)85(63-69-43-39-67(5)40-44-69)71-47-51-73(52-48-71)91-81-33-19-21-35-83(81)92(84-36-22-20-34-82(84)91)74-53-49-72(50-54-74)86(64-70-45-41-68(6)42-46-70)76-56-58-80-78-32-24-26-38-88(78)94(90(80)66-76,61-29-17-13-9-3)62-30-18-14-10-4/h19-26,31-58,63-66H,7-18,27-30,59-62H2,1-6H3/b85-63-,86-64-. The first-order valence-corrected chi connectivity index (χ1v) is 36.5. The second kappa shape index (κ2) is 29.4. The molecule has 0 spiro atoms. The molecule has 11 aromatic rings. The van der Waals surface area contributed by atoms with Gasteiger partial charge < -0.3 is 0 Å². The lowest BCUT2D eigenvalue weighted by atomic mass is 9.70. The predicted octanol–water partition coefficient (Wildman–Crippen LogP) is 27.5. The molecular weight excluding hydrogens is 1130 g/mol. The minimum absolute atomic E-state index is 0.00518. The molecule has 0 unspecified atom stereocenters. The Morgan fingerprint density at radius 3 is 0.904 bits per heavy atom. The topological polar surface area (TPSA) is 0 Å². The van der Waals surface area contributed by atoms with Crippen molar-refractivity contribution in [3.8, 4) is 44.5 Å². The first kappa shape index (κ1) is 64.1. The van der Waals surface area contributed by atoms with Gasteiger partial charge in [-0.1, -0.05) is 360 Å². The molecule has 0 aliphatic heterocycles. The summed E-state index contributed by atoms with van der Waals surface area (Å²) >= 11 is 0. The van der Waals surface area contributed by atoms with Crippen LogP contribution in [0.3, 0.4) is 0 Å². The number of fused-ring (bicyclic) bond motifs is 8. The van der Waals surface area contributed by atoms with Crippen molar-refractivity contribution in [1.82, 2.24) is 0 Å². The molecule has 0 radical (unpaired) electrons. The van der Waals surface area contributed by atoms with Gasteiger partial charge in [-0.2, -0.15) is 0 Å². The number of benzene rings is 11. The van der Waals surface area contributed by atoms with Crippen molar-refractivity contribution in [3.63, 3.8) is 0 Å². The Balaban J connectivity index is 0.887. The largest absolute Gasteiger partial charge is 0.0654 e. The predicted molar refractivity (Wildman–Crippen MR) is 409 cm³/mol. The van der Waals surface area contributed by atoms with Gasteiger partial charge in [0.25, 0.3) is 0 Å². The van der Waals surface area contributed by atoms with Gasteiger partial charge in [0.05, 0.1) is 0 Å². The molecule has 2 aliphatic carbocycles. The van der Waals surface area contributed by atoms with Gasteiger partial charge in [0.2, 0.25) is 0 Å². The molecule has 0 N–H and O–H groups in total. The first-order valence-electron chi connectivity index (χ1n) is 36.5. The van der Waals surface area contributed by atoms with Crippen LogP contribution in [0.2, 0.25) is 0 Å². The van der Waals surface area contributed by atoms with Gasteiger partial charge in [0.15, 0.2) is 0 Å². The zero-order valence-electron chi connectivity index (χ0n) is 57.2. The Hall–Kier alpha value is -8.58. The van der Waals surface area contributed by atoms with E-state index in [2.05, 4.69) is 284 Å². The van der Waals surface area contributed by atoms with E-state index in [0.29, 0.717) is 0 Å². The minimum atomic E-state index is 0.00518. The summed E-state index contributed by atoms with van der Waals surface area (Å²) < 4.78 is 0. The van der Waals surface area contributed by atoms with Crippen molar-refractivity contribution in [2.75, 3.05) is 0 Å². The molecular formula is C94H98. The summed E-state index contributed by atoms with van der Waals surface area (Å²) in [4.78, 5) is 0. The molecule has 0 amide bonds. The Bertz CT molecular complexity index is 4100. The van der Waals surface area contributed by atoms with Crippen molar-refractivity contribution in [1.29, 1.82) is 0 Å². The summed E-state index contributed by atoms with van der Waals surface area (Å²) in [6, 6.07) is 89.6. The Labute approximate surface area is 564 Å². The zero-order valence-corrected chi connectivity index (χ0v) is 57.2. The SMILES string of the molecule is CCCCCCC1(CCCCCC)c2ccccc2-c2ccc(/C(=C\c3ccc(C)cc3)c3ccc(-c4c5ccccc5c(-c5ccc(/C(=C/c6ccc(C)cc6)c6ccc7c(c6)C(CCCCCC)(CCCCCC)c6ccccc6-7)cc5)c5ccccc45)cc3)cc21. The number of rotatable bonds is 28. The van der Waals surface area contributed by atoms with Crippen molar-refractivity contribution in [2.45, 2.75) is 181 Å². The summed E-state index contributed by atoms with van der Waals surface area (Å²) in [5, 5.41) is 5.07. The number of hydrogen-bond acceptors (Lipinski definition) is 0. The van der Waals surface area contributed by atoms with Crippen LogP contribution in [-0.2, 0) is 10.8 Å². The average Bonchev–Trinajstić information content (AvgIpc) is 1.54. The van der Waals surface area contributed by atoms with Gasteiger partial charge in [-0.3, -0.25) is 0 Å². The molecule has 0 saturated carbocycles. The molecule has 0 fully saturated rings. The van der Waals surface area contributed by atoms with E-state index in [9.17, 15) is 0 Å². The van der Waals surface area contributed by atoms with Gasteiger partial charge in [-0.15, -0.1) is 0 Å². The molecule has 13 rings (SSSR count). The van der Waals surface area contributed by atoms with Gasteiger partial charge >= 0.3 is 0 Å². The minimum Gasteiger partial charge on any atom is -0.0654 e. The van der Waals surface area contributed by atoms with E-state index in [-0.39, 0.29) is 10.8 Å². The maximum Gasteiger partial charge on any atom is 0.0215 e. The smallest absolute Gasteiger partial charge is 0.0215 e. The molecule has 0 atom stereocenters. The summed E-state index contributed by atoms with van der Waals surface area (Å²) in [6.07, 6.45) is 30.0. The number of aryl methyl sites for hydroxylation is 2. The van der Waals surface area contributed by atoms with Crippen LogP contribution in [0, 0.1) is 13.8 Å². The molecule has 474 valence electrons. The number of hydrogen-bond donors (Lipinski definition) is 0. The first-order chi connectivity index (χ1) is 46.2. The van der Waals surface area contributed by atoms with E-state index < -0.39 is 0 Å². The number of unbranched alkanes of at least 4 members (excludes halogenated alkanes) is 12. The monoisotopic (exact) mass is 1230 g/mol. The molecule has 0 heteroatoms. The summed E-state index contributed by atoms with van der Waals surface area (Å²) in [5.74, 6) is 0. The maximum absolute atomic E-state index is 2.62. The van der Waals surface area contributed by atoms with Crippen LogP contribution in [-0.4, -0.2) is 0 Å².